The van der Waals surface area contributed by atoms with Gasteiger partial charge in [-0.25, -0.2) is 0 Å². The van der Waals surface area contributed by atoms with E-state index in [1.165, 1.54) is 0 Å². The third kappa shape index (κ3) is 6.73. The summed E-state index contributed by atoms with van der Waals surface area (Å²) < 4.78 is 0. The molecular formula is C36H54N4O2. The lowest BCUT2D eigenvalue weighted by atomic mass is 9.43. The van der Waals surface area contributed by atoms with E-state index in [-0.39, 0.29) is 29.6 Å². The Bertz CT molecular complexity index is 1150. The average molecular weight is 575 g/mol. The van der Waals surface area contributed by atoms with Gasteiger partial charge < -0.3 is 10.6 Å². The van der Waals surface area contributed by atoms with E-state index in [0.717, 1.165) is 49.9 Å². The zero-order valence-electron chi connectivity index (χ0n) is 26.9. The zero-order valence-corrected chi connectivity index (χ0v) is 26.9. The van der Waals surface area contributed by atoms with Crippen LogP contribution in [0.4, 0.5) is 0 Å². The summed E-state index contributed by atoms with van der Waals surface area (Å²) in [5, 5.41) is 6.78. The van der Waals surface area contributed by atoms with Crippen molar-refractivity contribution in [1.82, 2.24) is 20.6 Å². The van der Waals surface area contributed by atoms with E-state index in [0.29, 0.717) is 43.7 Å². The average Bonchev–Trinajstić information content (AvgIpc) is 2.97. The molecule has 2 aliphatic rings. The van der Waals surface area contributed by atoms with Gasteiger partial charge in [-0.15, -0.1) is 0 Å². The van der Waals surface area contributed by atoms with Gasteiger partial charge in [0.05, 0.1) is 10.8 Å². The number of hydrogen-bond donors (Lipinski definition) is 2. The molecule has 2 aliphatic carbocycles. The molecule has 2 aromatic rings. The molecule has 0 saturated heterocycles. The van der Waals surface area contributed by atoms with Crippen molar-refractivity contribution in [3.63, 3.8) is 0 Å². The van der Waals surface area contributed by atoms with Crippen molar-refractivity contribution in [2.45, 2.75) is 92.9 Å². The Morgan fingerprint density at radius 3 is 1.95 bits per heavy atom. The van der Waals surface area contributed by atoms with E-state index < -0.39 is 10.8 Å². The second-order valence-electron chi connectivity index (χ2n) is 14.1. The smallest absolute Gasteiger partial charge is 0.226 e. The van der Waals surface area contributed by atoms with Gasteiger partial charge in [0.1, 0.15) is 0 Å². The van der Waals surface area contributed by atoms with Crippen LogP contribution in [0.25, 0.3) is 0 Å². The molecule has 2 saturated carbocycles. The minimum atomic E-state index is -0.598. The van der Waals surface area contributed by atoms with Gasteiger partial charge in [0.25, 0.3) is 0 Å². The summed E-state index contributed by atoms with van der Waals surface area (Å²) in [5.41, 5.74) is 0.779. The highest BCUT2D eigenvalue weighted by molar-refractivity contribution is 5.88. The van der Waals surface area contributed by atoms with Crippen LogP contribution in [0.2, 0.25) is 0 Å². The van der Waals surface area contributed by atoms with Gasteiger partial charge in [0.2, 0.25) is 11.8 Å². The van der Waals surface area contributed by atoms with Crippen molar-refractivity contribution in [2.24, 2.45) is 46.3 Å². The Balaban J connectivity index is 1.70. The van der Waals surface area contributed by atoms with E-state index >= 15 is 0 Å². The summed E-state index contributed by atoms with van der Waals surface area (Å²) in [6.45, 7) is 14.7. The topological polar surface area (TPSA) is 84.0 Å². The largest absolute Gasteiger partial charge is 0.355 e. The first kappa shape index (κ1) is 32.2. The number of amides is 2. The van der Waals surface area contributed by atoms with E-state index in [1.807, 2.05) is 42.6 Å². The number of pyridine rings is 2. The second kappa shape index (κ2) is 14.1. The molecule has 2 heterocycles. The Morgan fingerprint density at radius 2 is 1.43 bits per heavy atom. The molecule has 2 fully saturated rings. The van der Waals surface area contributed by atoms with Gasteiger partial charge >= 0.3 is 0 Å². The van der Waals surface area contributed by atoms with Gasteiger partial charge in [-0.05, 0) is 91.9 Å². The summed E-state index contributed by atoms with van der Waals surface area (Å²) in [5.74, 6) is 1.90. The van der Waals surface area contributed by atoms with Crippen LogP contribution in [-0.2, 0) is 22.4 Å². The fraction of sp³-hybridized carbons (Fsp3) is 0.667. The highest BCUT2D eigenvalue weighted by Crippen LogP contribution is 2.63. The highest BCUT2D eigenvalue weighted by atomic mass is 16.2. The lowest BCUT2D eigenvalue weighted by molar-refractivity contribution is -0.172. The molecule has 3 unspecified atom stereocenters. The SMILES string of the molecule is CC1CCC(C(=O)NCCc2ccccn2)(C(C)C)C([C@@]2(C(=O)NCCc3ccccn3)C[C@H](C)CC[C@H]2C(C)C)C1. The molecule has 2 aromatic heterocycles. The summed E-state index contributed by atoms with van der Waals surface area (Å²) in [6.07, 6.45) is 10.8. The number of carbonyl (C=O) groups excluding carboxylic acids is 2. The van der Waals surface area contributed by atoms with Crippen molar-refractivity contribution in [3.8, 4) is 0 Å². The molecule has 2 N–H and O–H groups in total. The summed E-state index contributed by atoms with van der Waals surface area (Å²) >= 11 is 0. The van der Waals surface area contributed by atoms with Crippen LogP contribution in [0.5, 0.6) is 0 Å². The molecule has 6 atom stereocenters. The molecule has 4 rings (SSSR count). The molecule has 0 aliphatic heterocycles. The minimum absolute atomic E-state index is 0.0198. The number of aromatic nitrogens is 2. The molecule has 230 valence electrons. The van der Waals surface area contributed by atoms with Crippen LogP contribution in [0, 0.1) is 46.3 Å². The predicted octanol–water partition coefficient (Wildman–Crippen LogP) is 6.65. The van der Waals surface area contributed by atoms with Crippen molar-refractivity contribution in [1.29, 1.82) is 0 Å². The fourth-order valence-electron chi connectivity index (χ4n) is 8.61. The van der Waals surface area contributed by atoms with Crippen molar-refractivity contribution in [2.75, 3.05) is 13.1 Å². The second-order valence-corrected chi connectivity index (χ2v) is 14.1. The molecule has 0 bridgehead atoms. The van der Waals surface area contributed by atoms with E-state index in [2.05, 4.69) is 62.1 Å². The number of rotatable bonds is 11. The molecule has 0 radical (unpaired) electrons. The zero-order chi connectivity index (χ0) is 30.3. The van der Waals surface area contributed by atoms with Gasteiger partial charge in [-0.3, -0.25) is 19.6 Å². The van der Waals surface area contributed by atoms with Crippen molar-refractivity contribution in [3.05, 3.63) is 60.2 Å². The molecule has 6 heteroatoms. The maximum absolute atomic E-state index is 14.8. The van der Waals surface area contributed by atoms with Gasteiger partial charge in [0, 0.05) is 49.7 Å². The Hall–Kier alpha value is -2.76. The normalized spacial score (nSPS) is 29.8. The predicted molar refractivity (Wildman–Crippen MR) is 169 cm³/mol. The Labute approximate surface area is 254 Å². The number of carbonyl (C=O) groups is 2. The third-order valence-corrected chi connectivity index (χ3v) is 10.7. The van der Waals surface area contributed by atoms with E-state index in [1.54, 1.807) is 6.20 Å². The Morgan fingerprint density at radius 1 is 0.833 bits per heavy atom. The number of nitrogens with zero attached hydrogens (tertiary/aromatic N) is 2. The van der Waals surface area contributed by atoms with Crippen LogP contribution in [0.3, 0.4) is 0 Å². The summed E-state index contributed by atoms with van der Waals surface area (Å²) in [6, 6.07) is 11.9. The fourth-order valence-corrected chi connectivity index (χ4v) is 8.61. The maximum atomic E-state index is 14.8. The molecule has 42 heavy (non-hydrogen) atoms. The third-order valence-electron chi connectivity index (χ3n) is 10.7. The molecule has 0 spiro atoms. The van der Waals surface area contributed by atoms with Crippen LogP contribution in [-0.4, -0.2) is 34.9 Å². The van der Waals surface area contributed by atoms with Gasteiger partial charge in [-0.1, -0.05) is 60.1 Å². The maximum Gasteiger partial charge on any atom is 0.226 e. The quantitative estimate of drug-likeness (QED) is 0.315. The Kier molecular flexibility index (Phi) is 10.8. The first-order chi connectivity index (χ1) is 20.1. The molecule has 6 nitrogen and oxygen atoms in total. The summed E-state index contributed by atoms with van der Waals surface area (Å²) in [7, 11) is 0. The van der Waals surface area contributed by atoms with Crippen LogP contribution in [0.15, 0.2) is 48.8 Å². The van der Waals surface area contributed by atoms with Crippen molar-refractivity contribution < 1.29 is 9.59 Å². The van der Waals surface area contributed by atoms with Crippen LogP contribution >= 0.6 is 0 Å². The first-order valence-corrected chi connectivity index (χ1v) is 16.5. The lowest BCUT2D eigenvalue weighted by Crippen LogP contribution is -2.64. The van der Waals surface area contributed by atoms with Crippen molar-refractivity contribution >= 4 is 11.8 Å². The lowest BCUT2D eigenvalue weighted by Gasteiger charge is -2.60. The van der Waals surface area contributed by atoms with Crippen LogP contribution < -0.4 is 10.6 Å². The minimum Gasteiger partial charge on any atom is -0.355 e. The molecular weight excluding hydrogens is 520 g/mol. The number of nitrogens with one attached hydrogen (secondary N) is 2. The number of hydrogen-bond acceptors (Lipinski definition) is 4. The van der Waals surface area contributed by atoms with E-state index in [9.17, 15) is 9.59 Å². The molecule has 2 amide bonds. The van der Waals surface area contributed by atoms with Crippen LogP contribution in [0.1, 0.15) is 91.5 Å². The highest BCUT2D eigenvalue weighted by Gasteiger charge is 2.64. The summed E-state index contributed by atoms with van der Waals surface area (Å²) in [4.78, 5) is 38.3. The standard InChI is InChI=1S/C36H54N4O2/c1-25(2)31-14-13-28(6)24-36(31,34(42)40-22-17-30-12-8-10-20-38-30)32-23-27(5)15-18-35(32,26(3)4)33(41)39-21-16-29-11-7-9-19-37-29/h7-12,19-20,25-28,31-32H,13-18,21-24H2,1-6H3,(H,39,41)(H,40,42)/t27?,28-,31+,32?,35?,36-/m1/s1. The van der Waals surface area contributed by atoms with Gasteiger partial charge in [-0.2, -0.15) is 0 Å². The molecule has 0 aromatic carbocycles. The monoisotopic (exact) mass is 574 g/mol. The van der Waals surface area contributed by atoms with Gasteiger partial charge in [0.15, 0.2) is 0 Å². The van der Waals surface area contributed by atoms with E-state index in [4.69, 9.17) is 0 Å². The first-order valence-electron chi connectivity index (χ1n) is 16.5.